The van der Waals surface area contributed by atoms with Gasteiger partial charge < -0.3 is 19.8 Å². The lowest BCUT2D eigenvalue weighted by atomic mass is 9.70. The molecule has 2 unspecified atom stereocenters. The molecule has 0 aromatic heterocycles. The molecule has 0 aliphatic carbocycles. The second-order valence-corrected chi connectivity index (χ2v) is 13.6. The number of anilines is 1. The predicted molar refractivity (Wildman–Crippen MR) is 173 cm³/mol. The molecule has 3 aliphatic heterocycles. The molecule has 5 atom stereocenters. The highest BCUT2D eigenvalue weighted by Crippen LogP contribution is 2.66. The number of aliphatic hydroxyl groups is 1. The number of carbonyl (C=O) groups excluding carboxylic acids is 3. The number of carbonyl (C=O) groups is 3. The zero-order valence-electron chi connectivity index (χ0n) is 25.3. The van der Waals surface area contributed by atoms with Gasteiger partial charge in [0.25, 0.3) is 5.91 Å². The maximum absolute atomic E-state index is 14.8. The highest BCUT2D eigenvalue weighted by Gasteiger charge is 2.74. The van der Waals surface area contributed by atoms with Gasteiger partial charge in [-0.3, -0.25) is 14.4 Å². The smallest absolute Gasteiger partial charge is 0.251 e. The molecule has 2 bridgehead atoms. The molecule has 7 nitrogen and oxygen atoms in total. The number of unbranched alkanes of at least 4 members (excludes halogenated alkanes) is 1. The van der Waals surface area contributed by atoms with Crippen LogP contribution in [0.15, 0.2) is 73.8 Å². The summed E-state index contributed by atoms with van der Waals surface area (Å²) in [5, 5.41) is 9.49. The van der Waals surface area contributed by atoms with Crippen LogP contribution in [-0.2, 0) is 20.9 Å². The Labute approximate surface area is 259 Å². The van der Waals surface area contributed by atoms with Crippen LogP contribution in [0.3, 0.4) is 0 Å². The Morgan fingerprint density at radius 1 is 1.02 bits per heavy atom. The number of amides is 3. The van der Waals surface area contributed by atoms with Gasteiger partial charge >= 0.3 is 0 Å². The minimum Gasteiger partial charge on any atom is -0.396 e. The van der Waals surface area contributed by atoms with Crippen molar-refractivity contribution in [1.82, 2.24) is 9.80 Å². The lowest BCUT2D eigenvalue weighted by molar-refractivity contribution is -0.144. The third-order valence-corrected chi connectivity index (χ3v) is 11.2. The first-order valence-electron chi connectivity index (χ1n) is 15.3. The normalized spacial score (nSPS) is 25.5. The van der Waals surface area contributed by atoms with Crippen molar-refractivity contribution in [1.29, 1.82) is 0 Å². The molecule has 3 aliphatic rings. The van der Waals surface area contributed by atoms with E-state index in [4.69, 9.17) is 0 Å². The summed E-state index contributed by atoms with van der Waals surface area (Å²) in [5.41, 5.74) is 3.84. The van der Waals surface area contributed by atoms with E-state index < -0.39 is 22.6 Å². The predicted octanol–water partition coefficient (Wildman–Crippen LogP) is 4.90. The van der Waals surface area contributed by atoms with E-state index in [1.807, 2.05) is 62.4 Å². The Bertz CT molecular complexity index is 1360. The SMILES string of the molecule is C=CCN(Cc1ccccc1)C(=O)[C@@H]1[C@@H]2CCC3(S2)C(C(=O)N(CC=C)c2c(C)cccc2C)N(CCCCO)C(=O)[C@H]13. The van der Waals surface area contributed by atoms with Crippen molar-refractivity contribution in [2.75, 3.05) is 31.1 Å². The molecule has 2 aromatic carbocycles. The summed E-state index contributed by atoms with van der Waals surface area (Å²) < 4.78 is -0.680. The second kappa shape index (κ2) is 13.1. The molecule has 43 heavy (non-hydrogen) atoms. The summed E-state index contributed by atoms with van der Waals surface area (Å²) in [6, 6.07) is 15.1. The van der Waals surface area contributed by atoms with Crippen LogP contribution in [0.25, 0.3) is 0 Å². The molecule has 3 amide bonds. The van der Waals surface area contributed by atoms with Gasteiger partial charge in [-0.2, -0.15) is 0 Å². The van der Waals surface area contributed by atoms with E-state index >= 15 is 0 Å². The molecule has 1 N–H and O–H groups in total. The fourth-order valence-corrected chi connectivity index (χ4v) is 9.76. The van der Waals surface area contributed by atoms with Gasteiger partial charge in [-0.1, -0.05) is 60.7 Å². The standard InChI is InChI=1S/C35H43N3O4S/c1-5-19-36(23-26-15-8-7-9-16-26)32(40)28-27-17-18-35(43-27)29(28)33(41)38(21-10-11-22-39)31(35)34(42)37(20-6-2)30-24(3)13-12-14-25(30)4/h5-9,12-16,27-29,31,39H,1-2,10-11,17-23H2,3-4H3/t27-,28+,29-,31?,35?/m0/s1. The number of para-hydroxylation sites is 1. The molecule has 0 saturated carbocycles. The number of aryl methyl sites for hydroxylation is 2. The molecule has 8 heteroatoms. The maximum atomic E-state index is 14.8. The zero-order valence-corrected chi connectivity index (χ0v) is 26.1. The van der Waals surface area contributed by atoms with E-state index in [2.05, 4.69) is 13.2 Å². The van der Waals surface area contributed by atoms with Crippen LogP contribution in [0.4, 0.5) is 5.69 Å². The highest BCUT2D eigenvalue weighted by atomic mass is 32.2. The Kier molecular flexibility index (Phi) is 9.47. The van der Waals surface area contributed by atoms with E-state index in [9.17, 15) is 19.5 Å². The average molecular weight is 602 g/mol. The van der Waals surface area contributed by atoms with Crippen LogP contribution in [0.2, 0.25) is 0 Å². The zero-order chi connectivity index (χ0) is 30.7. The number of hydrogen-bond donors (Lipinski definition) is 1. The van der Waals surface area contributed by atoms with Crippen molar-refractivity contribution in [3.05, 3.63) is 90.5 Å². The molecule has 5 rings (SSSR count). The van der Waals surface area contributed by atoms with Gasteiger partial charge in [-0.05, 0) is 56.2 Å². The lowest BCUT2D eigenvalue weighted by Crippen LogP contribution is -2.55. The van der Waals surface area contributed by atoms with Crippen LogP contribution < -0.4 is 4.90 Å². The van der Waals surface area contributed by atoms with Gasteiger partial charge in [0.1, 0.15) is 6.04 Å². The maximum Gasteiger partial charge on any atom is 0.251 e. The Balaban J connectivity index is 1.54. The fourth-order valence-electron chi connectivity index (χ4n) is 7.55. The third-order valence-electron chi connectivity index (χ3n) is 9.29. The molecule has 3 saturated heterocycles. The number of likely N-dealkylation sites (tertiary alicyclic amines) is 1. The minimum absolute atomic E-state index is 0.0208. The number of nitrogens with zero attached hydrogens (tertiary/aromatic N) is 3. The van der Waals surface area contributed by atoms with Gasteiger partial charge in [0, 0.05) is 43.7 Å². The van der Waals surface area contributed by atoms with E-state index in [1.54, 1.807) is 38.6 Å². The lowest BCUT2D eigenvalue weighted by Gasteiger charge is -2.38. The molecule has 2 aromatic rings. The number of fused-ring (bicyclic) bond motifs is 1. The largest absolute Gasteiger partial charge is 0.396 e. The first kappa shape index (κ1) is 31.1. The quantitative estimate of drug-likeness (QED) is 0.261. The van der Waals surface area contributed by atoms with Gasteiger partial charge in [0.05, 0.1) is 16.6 Å². The number of hydrogen-bond acceptors (Lipinski definition) is 5. The van der Waals surface area contributed by atoms with Crippen molar-refractivity contribution in [3.63, 3.8) is 0 Å². The summed E-state index contributed by atoms with van der Waals surface area (Å²) in [7, 11) is 0. The van der Waals surface area contributed by atoms with Crippen molar-refractivity contribution in [2.45, 2.75) is 62.1 Å². The first-order chi connectivity index (χ1) is 20.8. The second-order valence-electron chi connectivity index (χ2n) is 12.0. The van der Waals surface area contributed by atoms with Crippen molar-refractivity contribution < 1.29 is 19.5 Å². The van der Waals surface area contributed by atoms with E-state index in [0.717, 1.165) is 28.8 Å². The van der Waals surface area contributed by atoms with Crippen LogP contribution in [0.1, 0.15) is 42.4 Å². The van der Waals surface area contributed by atoms with E-state index in [0.29, 0.717) is 45.4 Å². The molecular weight excluding hydrogens is 558 g/mol. The molecule has 228 valence electrons. The molecule has 3 fully saturated rings. The third kappa shape index (κ3) is 5.55. The molecule has 3 heterocycles. The summed E-state index contributed by atoms with van der Waals surface area (Å²) in [4.78, 5) is 49.0. The van der Waals surface area contributed by atoms with Crippen molar-refractivity contribution >= 4 is 35.2 Å². The summed E-state index contributed by atoms with van der Waals surface area (Å²) in [6.07, 6.45) is 6.09. The van der Waals surface area contributed by atoms with Gasteiger partial charge in [-0.15, -0.1) is 24.9 Å². The number of rotatable bonds is 13. The van der Waals surface area contributed by atoms with Crippen LogP contribution in [0, 0.1) is 25.7 Å². The first-order valence-corrected chi connectivity index (χ1v) is 16.2. The molecule has 0 radical (unpaired) electrons. The molecule has 1 spiro atoms. The number of benzene rings is 2. The Morgan fingerprint density at radius 3 is 2.37 bits per heavy atom. The van der Waals surface area contributed by atoms with Gasteiger partial charge in [0.15, 0.2) is 0 Å². The van der Waals surface area contributed by atoms with Crippen LogP contribution in [0.5, 0.6) is 0 Å². The summed E-state index contributed by atoms with van der Waals surface area (Å²) in [5.74, 6) is -1.34. The Morgan fingerprint density at radius 2 is 1.72 bits per heavy atom. The van der Waals surface area contributed by atoms with Crippen LogP contribution >= 0.6 is 11.8 Å². The van der Waals surface area contributed by atoms with Gasteiger partial charge in [-0.25, -0.2) is 0 Å². The summed E-state index contributed by atoms with van der Waals surface area (Å²) in [6.45, 7) is 13.4. The summed E-state index contributed by atoms with van der Waals surface area (Å²) >= 11 is 1.69. The van der Waals surface area contributed by atoms with Crippen LogP contribution in [-0.4, -0.2) is 74.9 Å². The number of aliphatic hydroxyl groups excluding tert-OH is 1. The fraction of sp³-hybridized carbons (Fsp3) is 0.457. The number of thioether (sulfide) groups is 1. The Hall–Kier alpha value is -3.36. The highest BCUT2D eigenvalue weighted by molar-refractivity contribution is 8.02. The van der Waals surface area contributed by atoms with Crippen molar-refractivity contribution in [3.8, 4) is 0 Å². The topological polar surface area (TPSA) is 81.2 Å². The van der Waals surface area contributed by atoms with E-state index in [-0.39, 0.29) is 29.6 Å². The van der Waals surface area contributed by atoms with E-state index in [1.165, 1.54) is 0 Å². The average Bonchev–Trinajstić information content (AvgIpc) is 3.64. The van der Waals surface area contributed by atoms with Gasteiger partial charge in [0.2, 0.25) is 11.8 Å². The molecular formula is C35H43N3O4S. The minimum atomic E-state index is -0.697. The van der Waals surface area contributed by atoms with Crippen molar-refractivity contribution in [2.24, 2.45) is 11.8 Å². The monoisotopic (exact) mass is 601 g/mol.